The number of amides is 9. The van der Waals surface area contributed by atoms with Crippen LogP contribution in [-0.4, -0.2) is 353 Å². The fourth-order valence-corrected chi connectivity index (χ4v) is 13.3. The molecule has 2 fully saturated rings. The third-order valence-electron chi connectivity index (χ3n) is 20.2. The SMILES string of the molecule is CC[C@H](C)C([C@@H](CC(=O)N1CCC[C@H]1[C@H](OC)[C@@H](C)C(=O)N[C@H](C)[C@@H](O)c1ccccc1)OC)N(C)C(=O)CNC(=O)C(C(C)C)N(C)C(=O)OCc1ccc(NC(=O)CNC(=O)C(NC(=O)CCCC(=O)N2CCOCCOCCOCCOCCOCCOCCOCCOCCOCCOCCOCCOCCOCC2)C(C)C)cc1. The van der Waals surface area contributed by atoms with Gasteiger partial charge in [-0.05, 0) is 67.2 Å². The lowest BCUT2D eigenvalue weighted by molar-refractivity contribution is -0.146. The zero-order valence-electron chi connectivity index (χ0n) is 72.6. The predicted molar refractivity (Wildman–Crippen MR) is 441 cm³/mol. The van der Waals surface area contributed by atoms with Crippen LogP contribution in [0.2, 0.25) is 0 Å². The maximum Gasteiger partial charge on any atom is 0.410 e. The highest BCUT2D eigenvalue weighted by Gasteiger charge is 2.43. The number of ether oxygens (including phenoxy) is 16. The number of aliphatic hydroxyl groups is 1. The number of anilines is 1. The summed E-state index contributed by atoms with van der Waals surface area (Å²) in [4.78, 5) is 129. The van der Waals surface area contributed by atoms with Gasteiger partial charge in [-0.25, -0.2) is 4.79 Å². The average Bonchev–Trinajstić information content (AvgIpc) is 1.76. The van der Waals surface area contributed by atoms with Gasteiger partial charge in [-0.2, -0.15) is 0 Å². The molecule has 2 aromatic carbocycles. The first-order valence-electron chi connectivity index (χ1n) is 42.0. The molecule has 2 saturated heterocycles. The van der Waals surface area contributed by atoms with E-state index < -0.39 is 109 Å². The van der Waals surface area contributed by atoms with E-state index in [2.05, 4.69) is 26.6 Å². The second-order valence-corrected chi connectivity index (χ2v) is 29.8. The largest absolute Gasteiger partial charge is 0.445 e. The number of nitrogens with zero attached hydrogens (tertiary/aromatic N) is 4. The smallest absolute Gasteiger partial charge is 0.410 e. The molecule has 0 bridgehead atoms. The summed E-state index contributed by atoms with van der Waals surface area (Å²) in [5.74, 6) is -5.03. The lowest BCUT2D eigenvalue weighted by Gasteiger charge is -2.39. The molecule has 678 valence electrons. The van der Waals surface area contributed by atoms with Gasteiger partial charge in [-0.3, -0.25) is 43.3 Å². The Bertz CT molecular complexity index is 3090. The fraction of sp³-hybridized carbons (Fsp3) is 0.750. The number of likely N-dealkylation sites (N-methyl/N-ethyl adjacent to an activating group) is 2. The Hall–Kier alpha value is -7.17. The average molecular weight is 1690 g/mol. The Kier molecular flexibility index (Phi) is 55.0. The minimum Gasteiger partial charge on any atom is -0.445 e. The topological polar surface area (TPSA) is 395 Å². The molecule has 0 aliphatic carbocycles. The second-order valence-electron chi connectivity index (χ2n) is 29.8. The van der Waals surface area contributed by atoms with Gasteiger partial charge in [0, 0.05) is 66.5 Å². The standard InChI is InChI=1S/C84H141N9O26/c1-13-63(6)78(70(104-11)57-74(97)93-28-18-21-69(93)80(105-12)64(7)81(100)87-65(8)79(99)67-19-15-14-16-20-67)90(9)75(98)59-86-83(102)77(62(4)5)91(10)84(103)119-60-66-24-26-68(27-25-66)88-72(95)58-85-82(101)76(61(2)3)89-71(94)22-17-23-73(96)92-29-31-106-33-35-108-37-39-110-41-43-112-45-47-114-49-51-116-53-55-118-56-54-117-52-50-115-48-46-113-44-42-111-40-38-109-36-34-107-32-30-92/h14-16,19-20,24-27,61-65,69-70,76-80,99H,13,17-18,21-23,28-60H2,1-12H3,(H,85,101)(H,86,102)(H,87,100)(H,88,95)(H,89,94)/t63-,64+,65+,69-,70+,76?,77?,78?,79+,80+/m0/s1. The van der Waals surface area contributed by atoms with E-state index in [1.165, 1.54) is 26.2 Å². The van der Waals surface area contributed by atoms with Crippen LogP contribution >= 0.6 is 0 Å². The minimum atomic E-state index is -1.05. The monoisotopic (exact) mass is 1690 g/mol. The molecule has 3 unspecified atom stereocenters. The number of hydrogen-bond acceptors (Lipinski definition) is 26. The first-order chi connectivity index (χ1) is 57.4. The molecule has 6 N–H and O–H groups in total. The van der Waals surface area contributed by atoms with E-state index in [-0.39, 0.29) is 101 Å². The van der Waals surface area contributed by atoms with Gasteiger partial charge in [-0.15, -0.1) is 0 Å². The number of methoxy groups -OCH3 is 2. The number of carbonyl (C=O) groups excluding carboxylic acids is 9. The number of carbonyl (C=O) groups is 9. The molecule has 2 aliphatic heterocycles. The summed E-state index contributed by atoms with van der Waals surface area (Å²) >= 11 is 0. The van der Waals surface area contributed by atoms with Crippen molar-refractivity contribution in [2.24, 2.45) is 23.7 Å². The maximum absolute atomic E-state index is 14.4. The van der Waals surface area contributed by atoms with E-state index in [0.29, 0.717) is 188 Å². The number of likely N-dealkylation sites (tertiary alicyclic amines) is 1. The Morgan fingerprint density at radius 2 is 0.975 bits per heavy atom. The molecule has 0 aromatic heterocycles. The molecular weight excluding hydrogens is 1550 g/mol. The van der Waals surface area contributed by atoms with E-state index >= 15 is 0 Å². The van der Waals surface area contributed by atoms with Crippen molar-refractivity contribution in [3.8, 4) is 0 Å². The molecule has 119 heavy (non-hydrogen) atoms. The summed E-state index contributed by atoms with van der Waals surface area (Å²) in [7, 11) is 6.03. The Morgan fingerprint density at radius 3 is 1.41 bits per heavy atom. The van der Waals surface area contributed by atoms with Crippen LogP contribution in [0.25, 0.3) is 0 Å². The highest BCUT2D eigenvalue weighted by molar-refractivity contribution is 5.96. The third kappa shape index (κ3) is 42.5. The summed E-state index contributed by atoms with van der Waals surface area (Å²) in [6.07, 6.45) is -1.17. The minimum absolute atomic E-state index is 0.0353. The fourth-order valence-electron chi connectivity index (χ4n) is 13.3. The first-order valence-corrected chi connectivity index (χ1v) is 42.0. The summed E-state index contributed by atoms with van der Waals surface area (Å²) in [5, 5.41) is 24.7. The van der Waals surface area contributed by atoms with Crippen molar-refractivity contribution in [3.05, 3.63) is 65.7 Å². The predicted octanol–water partition coefficient (Wildman–Crippen LogP) is 3.98. The van der Waals surface area contributed by atoms with Crippen molar-refractivity contribution in [3.63, 3.8) is 0 Å². The number of rotatable bonds is 31. The lowest BCUT2D eigenvalue weighted by atomic mass is 9.90. The van der Waals surface area contributed by atoms with Crippen LogP contribution in [0.3, 0.4) is 0 Å². The molecule has 35 heteroatoms. The van der Waals surface area contributed by atoms with Crippen LogP contribution in [0.5, 0.6) is 0 Å². The van der Waals surface area contributed by atoms with Gasteiger partial charge in [0.1, 0.15) is 18.7 Å². The van der Waals surface area contributed by atoms with E-state index in [9.17, 15) is 48.3 Å². The van der Waals surface area contributed by atoms with Gasteiger partial charge in [0.05, 0.1) is 234 Å². The maximum atomic E-state index is 14.4. The molecule has 10 atom stereocenters. The lowest BCUT2D eigenvalue weighted by Crippen LogP contribution is -2.56. The van der Waals surface area contributed by atoms with Crippen LogP contribution in [0, 0.1) is 23.7 Å². The molecule has 35 nitrogen and oxygen atoms in total. The van der Waals surface area contributed by atoms with Crippen molar-refractivity contribution in [2.45, 2.75) is 155 Å². The number of aliphatic hydroxyl groups excluding tert-OH is 1. The van der Waals surface area contributed by atoms with Crippen molar-refractivity contribution in [1.82, 2.24) is 40.9 Å². The number of hydrogen-bond donors (Lipinski definition) is 6. The van der Waals surface area contributed by atoms with E-state index in [4.69, 9.17) is 75.8 Å². The molecular formula is C84H141N9O26. The van der Waals surface area contributed by atoms with Gasteiger partial charge < -0.3 is 122 Å². The van der Waals surface area contributed by atoms with Crippen LogP contribution in [0.15, 0.2) is 54.6 Å². The molecule has 0 spiro atoms. The molecule has 2 heterocycles. The van der Waals surface area contributed by atoms with Gasteiger partial charge in [0.25, 0.3) is 0 Å². The van der Waals surface area contributed by atoms with Crippen LogP contribution < -0.4 is 26.6 Å². The van der Waals surface area contributed by atoms with E-state index in [1.807, 2.05) is 32.0 Å². The Balaban J connectivity index is 1.19. The first kappa shape index (κ1) is 104. The molecule has 9 amide bonds. The quantitative estimate of drug-likeness (QED) is 0.0621. The van der Waals surface area contributed by atoms with Crippen LogP contribution in [-0.2, 0) is 121 Å². The van der Waals surface area contributed by atoms with Crippen LogP contribution in [0.1, 0.15) is 118 Å². The third-order valence-corrected chi connectivity index (χ3v) is 20.2. The molecule has 2 aliphatic rings. The van der Waals surface area contributed by atoms with E-state index in [0.717, 1.165) is 4.90 Å². The van der Waals surface area contributed by atoms with Gasteiger partial charge in [0.15, 0.2) is 0 Å². The summed E-state index contributed by atoms with van der Waals surface area (Å²) in [5.41, 5.74) is 1.59. The number of benzene rings is 2. The summed E-state index contributed by atoms with van der Waals surface area (Å²) < 4.78 is 90.4. The molecule has 0 radical (unpaired) electrons. The molecule has 0 saturated carbocycles. The van der Waals surface area contributed by atoms with Crippen molar-refractivity contribution in [1.29, 1.82) is 0 Å². The zero-order chi connectivity index (χ0) is 87.0. The summed E-state index contributed by atoms with van der Waals surface area (Å²) in [6.45, 7) is 24.5. The zero-order valence-corrected chi connectivity index (χ0v) is 72.6. The summed E-state index contributed by atoms with van der Waals surface area (Å²) in [6, 6.07) is 11.8. The van der Waals surface area contributed by atoms with Gasteiger partial charge in [-0.1, -0.05) is 97.4 Å². The van der Waals surface area contributed by atoms with Gasteiger partial charge >= 0.3 is 6.09 Å². The number of nitrogens with one attached hydrogen (secondary N) is 5. The second kappa shape index (κ2) is 62.9. The Morgan fingerprint density at radius 1 is 0.513 bits per heavy atom. The van der Waals surface area contributed by atoms with Crippen LogP contribution in [0.4, 0.5) is 10.5 Å². The van der Waals surface area contributed by atoms with Gasteiger partial charge in [0.2, 0.25) is 47.3 Å². The van der Waals surface area contributed by atoms with Crippen molar-refractivity contribution >= 4 is 59.0 Å². The molecule has 4 rings (SSSR count). The van der Waals surface area contributed by atoms with Crippen molar-refractivity contribution < 1.29 is 124 Å². The van der Waals surface area contributed by atoms with Crippen molar-refractivity contribution in [2.75, 3.05) is 238 Å². The Labute approximate surface area is 704 Å². The normalized spacial score (nSPS) is 19.5. The molecule has 2 aromatic rings. The van der Waals surface area contributed by atoms with E-state index in [1.54, 1.807) is 94.8 Å². The highest BCUT2D eigenvalue weighted by atomic mass is 16.6. The highest BCUT2D eigenvalue weighted by Crippen LogP contribution is 2.30.